The Hall–Kier alpha value is -1.55. The Balaban J connectivity index is 2.33. The average Bonchev–Trinajstić information content (AvgIpc) is 2.58. The van der Waals surface area contributed by atoms with E-state index in [9.17, 15) is 4.79 Å². The molecule has 0 spiro atoms. The predicted molar refractivity (Wildman–Crippen MR) is 59.1 cm³/mol. The number of aromatic nitrogens is 2. The number of nitrogens with one attached hydrogen (secondary N) is 2. The van der Waals surface area contributed by atoms with Crippen molar-refractivity contribution in [2.24, 2.45) is 0 Å². The van der Waals surface area contributed by atoms with Crippen LogP contribution in [0.4, 0.5) is 0 Å². The number of hydrogen-bond donors (Lipinski definition) is 2. The molecule has 2 heterocycles. The first kappa shape index (κ1) is 8.73. The molecule has 1 atom stereocenters. The number of imidazole rings is 1. The van der Waals surface area contributed by atoms with Gasteiger partial charge in [0.2, 0.25) is 0 Å². The molecule has 4 nitrogen and oxygen atoms in total. The van der Waals surface area contributed by atoms with Gasteiger partial charge in [0.1, 0.15) is 0 Å². The summed E-state index contributed by atoms with van der Waals surface area (Å²) < 4.78 is 1.83. The molecule has 15 heavy (non-hydrogen) atoms. The Morgan fingerprint density at radius 3 is 3.27 bits per heavy atom. The van der Waals surface area contributed by atoms with Gasteiger partial charge in [0.15, 0.2) is 0 Å². The van der Waals surface area contributed by atoms with Crippen molar-refractivity contribution >= 4 is 11.0 Å². The fourth-order valence-corrected chi connectivity index (χ4v) is 2.38. The van der Waals surface area contributed by atoms with E-state index >= 15 is 0 Å². The van der Waals surface area contributed by atoms with Crippen molar-refractivity contribution < 1.29 is 0 Å². The molecule has 0 radical (unpaired) electrons. The Morgan fingerprint density at radius 1 is 1.60 bits per heavy atom. The quantitative estimate of drug-likeness (QED) is 0.711. The maximum atomic E-state index is 11.7. The van der Waals surface area contributed by atoms with Crippen LogP contribution in [0, 0.1) is 0 Å². The Bertz CT molecular complexity index is 567. The van der Waals surface area contributed by atoms with Crippen LogP contribution < -0.4 is 11.0 Å². The minimum Gasteiger partial charge on any atom is -0.315 e. The molecule has 1 aromatic heterocycles. The standard InChI is InChI=1S/C11H13N3O/c1-12-8-5-7-3-2-4-9-10(7)14(6-8)11(15)13-9/h2-4,8,12H,5-6H2,1H3,(H,13,15)/t8-/m1/s1/i11+2. The molecule has 0 aliphatic carbocycles. The van der Waals surface area contributed by atoms with Crippen LogP contribution in [0.2, 0.25) is 0 Å². The molecule has 0 saturated heterocycles. The van der Waals surface area contributed by atoms with Crippen molar-refractivity contribution in [3.63, 3.8) is 0 Å². The zero-order valence-electron chi connectivity index (χ0n) is 8.58. The Kier molecular flexibility index (Phi) is 1.73. The van der Waals surface area contributed by atoms with Crippen molar-refractivity contribution in [2.75, 3.05) is 7.05 Å². The number of nitrogens with zero attached hydrogens (tertiary/aromatic N) is 1. The normalized spacial score (nSPS) is 19.7. The molecule has 0 saturated carbocycles. The largest absolute Gasteiger partial charge is 0.326 e. The summed E-state index contributed by atoms with van der Waals surface area (Å²) >= 11 is 0. The van der Waals surface area contributed by atoms with Gasteiger partial charge in [0.25, 0.3) is 0 Å². The molecular weight excluding hydrogens is 192 g/mol. The smallest absolute Gasteiger partial charge is 0.315 e. The summed E-state index contributed by atoms with van der Waals surface area (Å²) in [6, 6.07) is 6.40. The lowest BCUT2D eigenvalue weighted by atomic mass is 10.0. The van der Waals surface area contributed by atoms with E-state index in [1.54, 1.807) is 0 Å². The van der Waals surface area contributed by atoms with Crippen molar-refractivity contribution in [3.8, 4) is 0 Å². The van der Waals surface area contributed by atoms with Gasteiger partial charge in [-0.2, -0.15) is 0 Å². The predicted octanol–water partition coefficient (Wildman–Crippen LogP) is 0.474. The fraction of sp³-hybridized carbons (Fsp3) is 0.364. The second-order valence-corrected chi connectivity index (χ2v) is 4.04. The van der Waals surface area contributed by atoms with E-state index in [1.165, 1.54) is 5.56 Å². The highest BCUT2D eigenvalue weighted by molar-refractivity contribution is 5.79. The highest BCUT2D eigenvalue weighted by Crippen LogP contribution is 2.22. The topological polar surface area (TPSA) is 49.8 Å². The first-order valence-electron chi connectivity index (χ1n) is 5.17. The molecule has 0 amide bonds. The number of para-hydroxylation sites is 1. The number of rotatable bonds is 1. The molecular formula is C11H13N3O. The number of H-pyrrole nitrogens is 1. The van der Waals surface area contributed by atoms with Crippen molar-refractivity contribution in [3.05, 3.63) is 34.2 Å². The summed E-state index contributed by atoms with van der Waals surface area (Å²) in [4.78, 5) is 14.6. The summed E-state index contributed by atoms with van der Waals surface area (Å²) in [6.45, 7) is 0.756. The van der Waals surface area contributed by atoms with Crippen LogP contribution in [0.3, 0.4) is 0 Å². The fourth-order valence-electron chi connectivity index (χ4n) is 2.38. The molecule has 3 rings (SSSR count). The lowest BCUT2D eigenvalue weighted by molar-refractivity contribution is 0.463. The first-order chi connectivity index (χ1) is 7.29. The molecule has 0 bridgehead atoms. The van der Waals surface area contributed by atoms with Crippen molar-refractivity contribution in [1.29, 1.82) is 0 Å². The zero-order chi connectivity index (χ0) is 10.4. The second kappa shape index (κ2) is 2.97. The number of benzene rings is 1. The molecule has 1 aliphatic heterocycles. The number of likely N-dealkylation sites (N-methyl/N-ethyl adjacent to an activating group) is 1. The second-order valence-electron chi connectivity index (χ2n) is 4.04. The molecule has 0 unspecified atom stereocenters. The molecule has 1 aromatic carbocycles. The van der Waals surface area contributed by atoms with Gasteiger partial charge < -0.3 is 10.3 Å². The summed E-state index contributed by atoms with van der Waals surface area (Å²) in [7, 11) is 1.94. The van der Waals surface area contributed by atoms with Crippen LogP contribution in [0.5, 0.6) is 0 Å². The highest BCUT2D eigenvalue weighted by atomic mass is 16.3. The molecule has 2 aromatic rings. The maximum absolute atomic E-state index is 11.7. The van der Waals surface area contributed by atoms with E-state index in [4.69, 9.17) is 0 Å². The van der Waals surface area contributed by atoms with Gasteiger partial charge in [0.05, 0.1) is 11.0 Å². The van der Waals surface area contributed by atoms with Crippen LogP contribution in [0.15, 0.2) is 23.0 Å². The van der Waals surface area contributed by atoms with Gasteiger partial charge in [-0.3, -0.25) is 4.57 Å². The first-order valence-corrected chi connectivity index (χ1v) is 5.17. The van der Waals surface area contributed by atoms with E-state index in [0.29, 0.717) is 6.04 Å². The van der Waals surface area contributed by atoms with E-state index in [1.807, 2.05) is 23.7 Å². The summed E-state index contributed by atoms with van der Waals surface area (Å²) in [5, 5.41) is 3.23. The molecule has 2 N–H and O–H groups in total. The summed E-state index contributed by atoms with van der Waals surface area (Å²) in [5.74, 6) is 0. The lowest BCUT2D eigenvalue weighted by Gasteiger charge is -2.22. The third kappa shape index (κ3) is 1.15. The van der Waals surface area contributed by atoms with Crippen molar-refractivity contribution in [1.82, 2.24) is 14.9 Å². The third-order valence-electron chi connectivity index (χ3n) is 3.15. The van der Waals surface area contributed by atoms with E-state index in [0.717, 1.165) is 24.0 Å². The monoisotopic (exact) mass is 205 g/mol. The van der Waals surface area contributed by atoms with Gasteiger partial charge in [0, 0.05) is 12.6 Å². The molecule has 78 valence electrons. The van der Waals surface area contributed by atoms with Gasteiger partial charge in [-0.25, -0.2) is 4.79 Å². The zero-order valence-corrected chi connectivity index (χ0v) is 8.58. The van der Waals surface area contributed by atoms with Crippen LogP contribution in [0.1, 0.15) is 5.56 Å². The third-order valence-corrected chi connectivity index (χ3v) is 3.15. The van der Waals surface area contributed by atoms with E-state index in [2.05, 4.69) is 16.4 Å². The minimum atomic E-state index is -0.00241. The van der Waals surface area contributed by atoms with E-state index in [-0.39, 0.29) is 5.69 Å². The minimum absolute atomic E-state index is 0.00241. The van der Waals surface area contributed by atoms with E-state index < -0.39 is 0 Å². The van der Waals surface area contributed by atoms with Gasteiger partial charge >= 0.3 is 5.69 Å². The summed E-state index contributed by atoms with van der Waals surface area (Å²) in [6.07, 6.45) is 0.991. The lowest BCUT2D eigenvalue weighted by Crippen LogP contribution is -2.38. The molecule has 1 aliphatic rings. The molecule has 4 heteroatoms. The number of hydrogen-bond acceptors (Lipinski definition) is 2. The summed E-state index contributed by atoms with van der Waals surface area (Å²) in [5.41, 5.74) is 3.27. The van der Waals surface area contributed by atoms with Crippen LogP contribution >= 0.6 is 0 Å². The SMILES string of the molecule is CN[C@@H]1Cc2cccc3[nH][14c](=O)n(c23)C1. The average molecular weight is 205 g/mol. The van der Waals surface area contributed by atoms with Gasteiger partial charge in [-0.05, 0) is 25.1 Å². The highest BCUT2D eigenvalue weighted by Gasteiger charge is 2.21. The Labute approximate surface area is 86.9 Å². The Morgan fingerprint density at radius 2 is 2.47 bits per heavy atom. The number of aromatic amines is 1. The molecule has 0 fully saturated rings. The van der Waals surface area contributed by atoms with Crippen LogP contribution in [-0.4, -0.2) is 22.6 Å². The van der Waals surface area contributed by atoms with Crippen LogP contribution in [-0.2, 0) is 13.0 Å². The van der Waals surface area contributed by atoms with Gasteiger partial charge in [-0.15, -0.1) is 0 Å². The van der Waals surface area contributed by atoms with Gasteiger partial charge in [-0.1, -0.05) is 12.1 Å². The maximum Gasteiger partial charge on any atom is 0.326 e. The van der Waals surface area contributed by atoms with Crippen molar-refractivity contribution in [2.45, 2.75) is 19.0 Å². The van der Waals surface area contributed by atoms with Crippen LogP contribution in [0.25, 0.3) is 11.0 Å².